The first-order valence-corrected chi connectivity index (χ1v) is 18.5. The summed E-state index contributed by atoms with van der Waals surface area (Å²) in [4.78, 5) is 13.5. The molecule has 0 amide bonds. The number of hydrogen-bond acceptors (Lipinski definition) is 4. The van der Waals surface area contributed by atoms with Crippen LogP contribution in [-0.4, -0.2) is 29.3 Å². The minimum atomic E-state index is -1.03. The molecule has 50 heavy (non-hydrogen) atoms. The maximum atomic E-state index is 11.0. The van der Waals surface area contributed by atoms with E-state index in [1.165, 1.54) is 45.1 Å². The van der Waals surface area contributed by atoms with Gasteiger partial charge in [0.1, 0.15) is 18.1 Å². The Morgan fingerprint density at radius 3 is 2.30 bits per heavy atom. The third kappa shape index (κ3) is 6.88. The highest BCUT2D eigenvalue weighted by Crippen LogP contribution is 2.48. The van der Waals surface area contributed by atoms with Gasteiger partial charge in [-0.2, -0.15) is 4.58 Å². The molecule has 6 rings (SSSR count). The monoisotopic (exact) mass is 668 g/mol. The minimum absolute atomic E-state index is 0.00518. The van der Waals surface area contributed by atoms with Gasteiger partial charge in [-0.25, -0.2) is 0 Å². The molecule has 0 unspecified atom stereocenters. The van der Waals surface area contributed by atoms with E-state index in [2.05, 4.69) is 124 Å². The topological polar surface area (TPSA) is 55.6 Å². The van der Waals surface area contributed by atoms with Gasteiger partial charge >= 0.3 is 0 Å². The van der Waals surface area contributed by atoms with Crippen LogP contribution in [0.25, 0.3) is 0 Å². The minimum Gasteiger partial charge on any atom is -0.550 e. The highest BCUT2D eigenvalue weighted by Gasteiger charge is 2.44. The molecule has 0 atom stereocenters. The average Bonchev–Trinajstić information content (AvgIpc) is 3.45. The molecule has 260 valence electrons. The Kier molecular flexibility index (Phi) is 10.3. The lowest BCUT2D eigenvalue weighted by Crippen LogP contribution is -2.28. The van der Waals surface area contributed by atoms with Gasteiger partial charge in [-0.3, -0.25) is 0 Å². The van der Waals surface area contributed by atoms with Crippen molar-refractivity contribution in [2.45, 2.75) is 97.3 Å². The van der Waals surface area contributed by atoms with Crippen molar-refractivity contribution in [1.29, 1.82) is 0 Å². The number of allylic oxidation sites excluding steroid dienone is 7. The molecule has 0 radical (unpaired) electrons. The molecular weight excluding hydrogens is 617 g/mol. The number of ether oxygens (including phenoxy) is 1. The number of aliphatic carboxylic acids is 1. The van der Waals surface area contributed by atoms with Gasteiger partial charge in [0.05, 0.1) is 5.41 Å². The molecule has 0 saturated heterocycles. The molecule has 3 aromatic carbocycles. The van der Waals surface area contributed by atoms with Gasteiger partial charge in [0.25, 0.3) is 0 Å². The first-order chi connectivity index (χ1) is 24.1. The van der Waals surface area contributed by atoms with Crippen LogP contribution in [0.4, 0.5) is 11.4 Å². The second kappa shape index (κ2) is 14.7. The van der Waals surface area contributed by atoms with E-state index < -0.39 is 5.97 Å². The number of anilines is 1. The van der Waals surface area contributed by atoms with E-state index in [9.17, 15) is 9.90 Å². The molecule has 0 fully saturated rings. The van der Waals surface area contributed by atoms with E-state index in [0.29, 0.717) is 6.42 Å². The van der Waals surface area contributed by atoms with Crippen molar-refractivity contribution in [3.63, 3.8) is 0 Å². The quantitative estimate of drug-likeness (QED) is 0.181. The Morgan fingerprint density at radius 1 is 0.860 bits per heavy atom. The maximum absolute atomic E-state index is 11.0. The van der Waals surface area contributed by atoms with Gasteiger partial charge in [0.15, 0.2) is 5.71 Å². The molecule has 0 bridgehead atoms. The van der Waals surface area contributed by atoms with Crippen LogP contribution in [0.3, 0.4) is 0 Å². The standard InChI is InChI=1S/C45H52N2O3/c1-7-30-46-38-18-11-9-16-36(38)44(3,4)40(46)27-23-33-14-13-15-34(43(33)50-35-25-20-32(21-26-35)22-29-42(48)49)24-28-41-45(5,6)37-17-10-12-19-39(37)47(41)31-8-2/h9-12,16-21,23-28H,7-8,13-15,22,29-31H2,1-6H3. The molecule has 0 aromatic heterocycles. The van der Waals surface area contributed by atoms with Crippen molar-refractivity contribution < 1.29 is 19.2 Å². The number of nitrogens with zero attached hydrogens (tertiary/aromatic N) is 2. The first-order valence-electron chi connectivity index (χ1n) is 18.5. The van der Waals surface area contributed by atoms with Gasteiger partial charge in [0, 0.05) is 53.4 Å². The van der Waals surface area contributed by atoms with Gasteiger partial charge < -0.3 is 19.5 Å². The van der Waals surface area contributed by atoms with E-state index in [1.54, 1.807) is 0 Å². The third-order valence-corrected chi connectivity index (χ3v) is 10.6. The number of carbonyl (C=O) groups is 1. The lowest BCUT2D eigenvalue weighted by atomic mass is 9.81. The molecular formula is C45H52N2O3. The number of fused-ring (bicyclic) bond motifs is 2. The number of para-hydroxylation sites is 2. The molecule has 5 nitrogen and oxygen atoms in total. The van der Waals surface area contributed by atoms with Crippen LogP contribution in [0.1, 0.15) is 96.8 Å². The van der Waals surface area contributed by atoms with E-state index in [4.69, 9.17) is 4.74 Å². The summed E-state index contributed by atoms with van der Waals surface area (Å²) < 4.78 is 9.32. The fraction of sp³-hybridized carbons (Fsp3) is 0.378. The van der Waals surface area contributed by atoms with Crippen LogP contribution in [0.15, 0.2) is 120 Å². The number of carboxylic acid groups (broad SMARTS) is 1. The zero-order chi connectivity index (χ0) is 35.5. The summed E-state index contributed by atoms with van der Waals surface area (Å²) in [5.74, 6) is 0.629. The number of carboxylic acids is 1. The zero-order valence-electron chi connectivity index (χ0n) is 30.7. The summed E-state index contributed by atoms with van der Waals surface area (Å²) in [7, 11) is 0. The highest BCUT2D eigenvalue weighted by atomic mass is 16.5. The number of hydrogen-bond donors (Lipinski definition) is 0. The van der Waals surface area contributed by atoms with Crippen LogP contribution in [-0.2, 0) is 22.0 Å². The predicted molar refractivity (Wildman–Crippen MR) is 203 cm³/mol. The molecule has 0 N–H and O–H groups in total. The van der Waals surface area contributed by atoms with Crippen LogP contribution in [0.2, 0.25) is 0 Å². The third-order valence-electron chi connectivity index (χ3n) is 10.6. The van der Waals surface area contributed by atoms with Gasteiger partial charge in [0.2, 0.25) is 5.69 Å². The normalized spacial score (nSPS) is 19.5. The molecule has 3 aromatic rings. The number of benzene rings is 3. The first kappa shape index (κ1) is 35.2. The van der Waals surface area contributed by atoms with E-state index in [1.807, 2.05) is 24.3 Å². The van der Waals surface area contributed by atoms with Crippen molar-refractivity contribution >= 4 is 23.1 Å². The SMILES string of the molecule is CCCN1/C(=C/C=C2\CCCC(/C=C/C3=[N+](CCC)c4ccccc4C3(C)C)=C2Oc2ccc(CCC(=O)[O-])cc2)C(C)(C)c2ccccc21. The second-order valence-corrected chi connectivity index (χ2v) is 14.9. The highest BCUT2D eigenvalue weighted by molar-refractivity contribution is 6.03. The predicted octanol–water partition coefficient (Wildman–Crippen LogP) is 9.25. The van der Waals surface area contributed by atoms with Crippen molar-refractivity contribution in [3.05, 3.63) is 136 Å². The van der Waals surface area contributed by atoms with E-state index in [0.717, 1.165) is 62.3 Å². The lowest BCUT2D eigenvalue weighted by Gasteiger charge is -2.27. The smallest absolute Gasteiger partial charge is 0.209 e. The van der Waals surface area contributed by atoms with Crippen LogP contribution in [0, 0.1) is 0 Å². The summed E-state index contributed by atoms with van der Waals surface area (Å²) in [5, 5.41) is 11.0. The summed E-state index contributed by atoms with van der Waals surface area (Å²) in [5.41, 5.74) is 11.1. The largest absolute Gasteiger partial charge is 0.550 e. The molecule has 0 spiro atoms. The zero-order valence-corrected chi connectivity index (χ0v) is 30.7. The van der Waals surface area contributed by atoms with Gasteiger partial charge in [-0.1, -0.05) is 82.3 Å². The van der Waals surface area contributed by atoms with Gasteiger partial charge in [-0.05, 0) is 105 Å². The molecule has 2 aliphatic heterocycles. The van der Waals surface area contributed by atoms with Crippen molar-refractivity contribution in [1.82, 2.24) is 0 Å². The number of carbonyl (C=O) groups excluding carboxylic acids is 1. The summed E-state index contributed by atoms with van der Waals surface area (Å²) in [6, 6.07) is 25.4. The molecule has 0 saturated carbocycles. The molecule has 1 aliphatic carbocycles. The van der Waals surface area contributed by atoms with E-state index >= 15 is 0 Å². The Bertz CT molecular complexity index is 1900. The summed E-state index contributed by atoms with van der Waals surface area (Å²) >= 11 is 0. The Balaban J connectivity index is 1.42. The molecule has 5 heteroatoms. The van der Waals surface area contributed by atoms with Crippen LogP contribution in [0.5, 0.6) is 5.75 Å². The molecule has 2 heterocycles. The average molecular weight is 669 g/mol. The lowest BCUT2D eigenvalue weighted by molar-refractivity contribution is -0.437. The van der Waals surface area contributed by atoms with Crippen LogP contribution >= 0.6 is 0 Å². The number of aryl methyl sites for hydroxylation is 1. The summed E-state index contributed by atoms with van der Waals surface area (Å²) in [6.45, 7) is 15.7. The van der Waals surface area contributed by atoms with E-state index in [-0.39, 0.29) is 17.3 Å². The fourth-order valence-corrected chi connectivity index (χ4v) is 8.01. The second-order valence-electron chi connectivity index (χ2n) is 14.9. The Labute approximate surface area is 299 Å². The molecule has 3 aliphatic rings. The van der Waals surface area contributed by atoms with Gasteiger partial charge in [-0.15, -0.1) is 0 Å². The van der Waals surface area contributed by atoms with Crippen molar-refractivity contribution in [2.24, 2.45) is 0 Å². The van der Waals surface area contributed by atoms with Crippen molar-refractivity contribution in [2.75, 3.05) is 18.0 Å². The van der Waals surface area contributed by atoms with Crippen LogP contribution < -0.4 is 14.7 Å². The van der Waals surface area contributed by atoms with Crippen molar-refractivity contribution in [3.8, 4) is 5.75 Å². The maximum Gasteiger partial charge on any atom is 0.209 e. The Morgan fingerprint density at radius 2 is 1.58 bits per heavy atom. The fourth-order valence-electron chi connectivity index (χ4n) is 8.01. The summed E-state index contributed by atoms with van der Waals surface area (Å²) in [6.07, 6.45) is 14.7. The Hall–Kier alpha value is -4.64. The number of rotatable bonds is 12.